The number of H-pyrrole nitrogens is 1. The number of likely N-dealkylation sites (tertiary alicyclic amines) is 1. The number of nitrogens with one attached hydrogen (secondary N) is 5. The highest BCUT2D eigenvalue weighted by atomic mass is 16.7. The molecule has 1 saturated carbocycles. The van der Waals surface area contributed by atoms with Gasteiger partial charge >= 0.3 is 6.09 Å². The standard InChI is InChI=1S/C41H51N7O5/c1-24(2)35(47-39(50)51)38(49)48-17-5-6-33(48)37-43-22-32(46-37)28-12-11-27(34-29(28)13-16-40(34)14-3-4-15-40)25-7-9-26(10-8-25)31-21-42-36(45-31)30-20-41(23-44-30)52-18-19-53-41/h7-12,21-22,24,30,33,35-36,42,44-45,47H,3-6,13-20,23H2,1-2H3,(H,43,46)(H,50,51)/t30-,33-,35?,36?/m0/s1. The Morgan fingerprint density at radius 3 is 2.51 bits per heavy atom. The molecule has 3 saturated heterocycles. The van der Waals surface area contributed by atoms with Crippen LogP contribution < -0.4 is 21.3 Å². The van der Waals surface area contributed by atoms with Gasteiger partial charge in [-0.3, -0.25) is 4.79 Å². The Labute approximate surface area is 310 Å². The van der Waals surface area contributed by atoms with Crippen LogP contribution in [-0.4, -0.2) is 82.3 Å². The molecule has 9 rings (SSSR count). The summed E-state index contributed by atoms with van der Waals surface area (Å²) in [6.45, 7) is 6.35. The number of carboxylic acid groups (broad SMARTS) is 1. The molecule has 280 valence electrons. The van der Waals surface area contributed by atoms with Gasteiger partial charge < -0.3 is 45.7 Å². The molecule has 2 spiro atoms. The minimum atomic E-state index is -1.18. The van der Waals surface area contributed by atoms with Gasteiger partial charge in [-0.2, -0.15) is 0 Å². The minimum Gasteiger partial charge on any atom is -0.465 e. The SMILES string of the molecule is CC(C)C(NC(=O)O)C(=O)N1CCC[C@H]1c1ncc(-c2ccc(-c3ccc(C4=CNC([C@@H]5CC6(CN5)OCCO6)N4)cc3)c3c2CCC32CCCC2)[nH]1. The Kier molecular flexibility index (Phi) is 8.74. The number of ether oxygens (including phenoxy) is 2. The summed E-state index contributed by atoms with van der Waals surface area (Å²) in [5.41, 5.74) is 10.1. The third-order valence-corrected chi connectivity index (χ3v) is 12.8. The first-order valence-corrected chi connectivity index (χ1v) is 19.6. The smallest absolute Gasteiger partial charge is 0.405 e. The fourth-order valence-electron chi connectivity index (χ4n) is 10.2. The Morgan fingerprint density at radius 2 is 1.75 bits per heavy atom. The van der Waals surface area contributed by atoms with E-state index in [1.165, 1.54) is 59.9 Å². The van der Waals surface area contributed by atoms with E-state index in [4.69, 9.17) is 14.5 Å². The van der Waals surface area contributed by atoms with Gasteiger partial charge in [0.1, 0.15) is 18.0 Å². The maximum Gasteiger partial charge on any atom is 0.405 e. The van der Waals surface area contributed by atoms with Crippen molar-refractivity contribution in [1.29, 1.82) is 0 Å². The van der Waals surface area contributed by atoms with Gasteiger partial charge in [-0.25, -0.2) is 9.78 Å². The Bertz CT molecular complexity index is 1910. The summed E-state index contributed by atoms with van der Waals surface area (Å²) in [5.74, 6) is -0.0716. The van der Waals surface area contributed by atoms with Gasteiger partial charge in [0.05, 0.1) is 49.4 Å². The molecule has 2 unspecified atom stereocenters. The Balaban J connectivity index is 0.963. The lowest BCUT2D eigenvalue weighted by atomic mass is 9.76. The molecular weight excluding hydrogens is 670 g/mol. The van der Waals surface area contributed by atoms with Crippen LogP contribution in [0.5, 0.6) is 0 Å². The molecule has 0 bridgehead atoms. The molecule has 4 atom stereocenters. The number of aromatic amines is 1. The topological polar surface area (TPSA) is 153 Å². The monoisotopic (exact) mass is 721 g/mol. The van der Waals surface area contributed by atoms with Gasteiger partial charge in [-0.1, -0.05) is 63.1 Å². The third kappa shape index (κ3) is 6.08. The molecule has 4 aliphatic heterocycles. The second-order valence-electron chi connectivity index (χ2n) is 16.3. The first-order valence-electron chi connectivity index (χ1n) is 19.6. The summed E-state index contributed by atoms with van der Waals surface area (Å²) in [5, 5.41) is 22.6. The molecule has 2 aromatic carbocycles. The zero-order chi connectivity index (χ0) is 36.3. The average molecular weight is 722 g/mol. The normalized spacial score (nSPS) is 25.9. The van der Waals surface area contributed by atoms with Crippen LogP contribution in [0.2, 0.25) is 0 Å². The van der Waals surface area contributed by atoms with E-state index >= 15 is 0 Å². The van der Waals surface area contributed by atoms with Gasteiger partial charge in [0, 0.05) is 24.7 Å². The summed E-state index contributed by atoms with van der Waals surface area (Å²) in [4.78, 5) is 35.4. The Hall–Kier alpha value is -4.39. The van der Waals surface area contributed by atoms with Gasteiger partial charge in [-0.15, -0.1) is 0 Å². The van der Waals surface area contributed by atoms with Crippen LogP contribution >= 0.6 is 0 Å². The number of hydrogen-bond donors (Lipinski definition) is 6. The molecule has 5 heterocycles. The van der Waals surface area contributed by atoms with E-state index < -0.39 is 17.9 Å². The molecule has 4 fully saturated rings. The fraction of sp³-hybridized carbons (Fsp3) is 0.537. The van der Waals surface area contributed by atoms with Crippen molar-refractivity contribution in [3.63, 3.8) is 0 Å². The van der Waals surface area contributed by atoms with Crippen LogP contribution in [-0.2, 0) is 26.1 Å². The zero-order valence-electron chi connectivity index (χ0n) is 30.7. The van der Waals surface area contributed by atoms with E-state index in [9.17, 15) is 14.7 Å². The summed E-state index contributed by atoms with van der Waals surface area (Å²) in [6.07, 6.45) is 12.5. The number of benzene rings is 2. The molecule has 12 heteroatoms. The van der Waals surface area contributed by atoms with Crippen molar-refractivity contribution in [3.05, 3.63) is 71.3 Å². The highest BCUT2D eigenvalue weighted by Gasteiger charge is 2.47. The van der Waals surface area contributed by atoms with Crippen LogP contribution in [0.1, 0.15) is 93.8 Å². The highest BCUT2D eigenvalue weighted by molar-refractivity contribution is 5.86. The van der Waals surface area contributed by atoms with Gasteiger partial charge in [0.25, 0.3) is 0 Å². The molecule has 53 heavy (non-hydrogen) atoms. The number of amides is 2. The van der Waals surface area contributed by atoms with Crippen LogP contribution in [0.15, 0.2) is 48.8 Å². The minimum absolute atomic E-state index is 0.0704. The molecule has 3 aromatic rings. The third-order valence-electron chi connectivity index (χ3n) is 12.8. The van der Waals surface area contributed by atoms with Crippen molar-refractivity contribution in [1.82, 2.24) is 36.1 Å². The summed E-state index contributed by atoms with van der Waals surface area (Å²) >= 11 is 0. The van der Waals surface area contributed by atoms with E-state index in [-0.39, 0.29) is 35.5 Å². The van der Waals surface area contributed by atoms with Crippen LogP contribution in [0.25, 0.3) is 28.1 Å². The molecule has 2 amide bonds. The van der Waals surface area contributed by atoms with E-state index in [0.717, 1.165) is 48.5 Å². The predicted octanol–water partition coefficient (Wildman–Crippen LogP) is 5.38. The summed E-state index contributed by atoms with van der Waals surface area (Å²) < 4.78 is 11.8. The lowest BCUT2D eigenvalue weighted by Crippen LogP contribution is -2.50. The maximum atomic E-state index is 13.6. The number of rotatable bonds is 8. The lowest BCUT2D eigenvalue weighted by Gasteiger charge is -2.29. The Morgan fingerprint density at radius 1 is 1.00 bits per heavy atom. The van der Waals surface area contributed by atoms with Crippen LogP contribution in [0, 0.1) is 5.92 Å². The second kappa shape index (κ2) is 13.5. The quantitative estimate of drug-likeness (QED) is 0.180. The van der Waals surface area contributed by atoms with Crippen molar-refractivity contribution in [2.45, 2.75) is 107 Å². The van der Waals surface area contributed by atoms with E-state index in [1.807, 2.05) is 24.9 Å². The summed E-state index contributed by atoms with van der Waals surface area (Å²) in [7, 11) is 0. The van der Waals surface area contributed by atoms with E-state index in [0.29, 0.717) is 26.3 Å². The molecule has 2 aliphatic carbocycles. The van der Waals surface area contributed by atoms with E-state index in [2.05, 4.69) is 68.8 Å². The second-order valence-corrected chi connectivity index (χ2v) is 16.3. The van der Waals surface area contributed by atoms with Crippen LogP contribution in [0.4, 0.5) is 4.79 Å². The first-order chi connectivity index (χ1) is 25.7. The number of hydrogen-bond acceptors (Lipinski definition) is 8. The van der Waals surface area contributed by atoms with Crippen molar-refractivity contribution in [3.8, 4) is 22.4 Å². The fourth-order valence-corrected chi connectivity index (χ4v) is 10.2. The number of carbonyl (C=O) groups is 2. The molecular formula is C41H51N7O5. The van der Waals surface area contributed by atoms with Gasteiger partial charge in [0.2, 0.25) is 5.91 Å². The number of nitrogens with zero attached hydrogens (tertiary/aromatic N) is 2. The first kappa shape index (κ1) is 34.4. The lowest BCUT2D eigenvalue weighted by molar-refractivity contribution is -0.141. The zero-order valence-corrected chi connectivity index (χ0v) is 30.7. The van der Waals surface area contributed by atoms with Crippen molar-refractivity contribution in [2.24, 2.45) is 5.92 Å². The molecule has 6 N–H and O–H groups in total. The number of carbonyl (C=O) groups excluding carboxylic acids is 1. The number of imidazole rings is 1. The highest BCUT2D eigenvalue weighted by Crippen LogP contribution is 2.55. The average Bonchev–Trinajstić information content (AvgIpc) is 4.02. The van der Waals surface area contributed by atoms with Gasteiger partial charge in [-0.05, 0) is 77.7 Å². The largest absolute Gasteiger partial charge is 0.465 e. The predicted molar refractivity (Wildman–Crippen MR) is 200 cm³/mol. The van der Waals surface area contributed by atoms with E-state index in [1.54, 1.807) is 0 Å². The van der Waals surface area contributed by atoms with Crippen molar-refractivity contribution in [2.75, 3.05) is 26.3 Å². The molecule has 12 nitrogen and oxygen atoms in total. The maximum absolute atomic E-state index is 13.6. The molecule has 0 radical (unpaired) electrons. The molecule has 6 aliphatic rings. The van der Waals surface area contributed by atoms with Crippen molar-refractivity contribution < 1.29 is 24.2 Å². The van der Waals surface area contributed by atoms with Gasteiger partial charge in [0.15, 0.2) is 5.79 Å². The number of fused-ring (bicyclic) bond motifs is 2. The van der Waals surface area contributed by atoms with Crippen molar-refractivity contribution >= 4 is 17.7 Å². The summed E-state index contributed by atoms with van der Waals surface area (Å²) in [6, 6.07) is 12.8. The van der Waals surface area contributed by atoms with Crippen LogP contribution in [0.3, 0.4) is 0 Å². The molecule has 1 aromatic heterocycles. The number of aromatic nitrogens is 2.